The summed E-state index contributed by atoms with van der Waals surface area (Å²) < 4.78 is 5.76. The summed E-state index contributed by atoms with van der Waals surface area (Å²) >= 11 is 11.8. The summed E-state index contributed by atoms with van der Waals surface area (Å²) in [5, 5.41) is 5.31. The number of hydrogen-bond donors (Lipinski definition) is 1. The molecular weight excluding hydrogens is 461 g/mol. The number of ether oxygens (including phenoxy) is 1. The lowest BCUT2D eigenvalue weighted by Gasteiger charge is -2.16. The van der Waals surface area contributed by atoms with Crippen molar-refractivity contribution in [3.05, 3.63) is 94.0 Å². The molecule has 0 spiro atoms. The predicted octanol–water partition coefficient (Wildman–Crippen LogP) is 5.08. The highest BCUT2D eigenvalue weighted by Gasteiger charge is 2.35. The minimum Gasteiger partial charge on any atom is -0.489 e. The van der Waals surface area contributed by atoms with Crippen LogP contribution in [0.2, 0.25) is 10.0 Å². The van der Waals surface area contributed by atoms with Crippen LogP contribution in [-0.4, -0.2) is 24.6 Å². The molecule has 0 bridgehead atoms. The second-order valence-electron chi connectivity index (χ2n) is 7.60. The number of amides is 2. The van der Waals surface area contributed by atoms with Crippen molar-refractivity contribution in [2.75, 3.05) is 11.4 Å². The zero-order valence-corrected chi connectivity index (χ0v) is 19.1. The van der Waals surface area contributed by atoms with Gasteiger partial charge in [0.15, 0.2) is 0 Å². The number of nitrogens with one attached hydrogen (secondary N) is 1. The Bertz CT molecular complexity index is 1150. The number of hydrogen-bond acceptors (Lipinski definition) is 4. The zero-order valence-electron chi connectivity index (χ0n) is 17.6. The molecule has 6 nitrogen and oxygen atoms in total. The van der Waals surface area contributed by atoms with Gasteiger partial charge in [-0.25, -0.2) is 5.43 Å². The van der Waals surface area contributed by atoms with Crippen LogP contribution in [0.5, 0.6) is 5.75 Å². The predicted molar refractivity (Wildman–Crippen MR) is 130 cm³/mol. The fourth-order valence-corrected chi connectivity index (χ4v) is 3.66. The molecule has 1 saturated heterocycles. The van der Waals surface area contributed by atoms with Gasteiger partial charge in [-0.3, -0.25) is 9.59 Å². The van der Waals surface area contributed by atoms with Crippen LogP contribution in [0.15, 0.2) is 77.9 Å². The molecule has 3 aromatic carbocycles. The molecule has 1 heterocycles. The topological polar surface area (TPSA) is 71.0 Å². The van der Waals surface area contributed by atoms with Gasteiger partial charge >= 0.3 is 0 Å². The van der Waals surface area contributed by atoms with Crippen LogP contribution < -0.4 is 15.1 Å². The molecule has 0 radical (unpaired) electrons. The number of nitrogens with zero attached hydrogens (tertiary/aromatic N) is 2. The number of rotatable bonds is 7. The zero-order chi connectivity index (χ0) is 23.2. The van der Waals surface area contributed by atoms with Gasteiger partial charge in [-0.15, -0.1) is 0 Å². The quantitative estimate of drug-likeness (QED) is 0.378. The lowest BCUT2D eigenvalue weighted by molar-refractivity contribution is -0.126. The van der Waals surface area contributed by atoms with Crippen molar-refractivity contribution in [1.29, 1.82) is 0 Å². The Hall–Kier alpha value is -3.35. The molecule has 0 saturated carbocycles. The molecule has 0 aromatic heterocycles. The fraction of sp³-hybridized carbons (Fsp3) is 0.160. The Morgan fingerprint density at radius 2 is 1.64 bits per heavy atom. The molecule has 168 valence electrons. The van der Waals surface area contributed by atoms with Gasteiger partial charge in [0, 0.05) is 28.7 Å². The highest BCUT2D eigenvalue weighted by atomic mass is 35.5. The Kier molecular flexibility index (Phi) is 7.27. The van der Waals surface area contributed by atoms with E-state index in [1.807, 2.05) is 48.5 Å². The van der Waals surface area contributed by atoms with E-state index in [0.29, 0.717) is 23.2 Å². The minimum absolute atomic E-state index is 0.101. The standard InChI is InChI=1S/C25H21Cl2N3O3/c26-20-5-1-18(2-6-20)16-33-23-11-3-17(4-12-23)14-28-29-25(32)19-13-24(31)30(15-19)22-9-7-21(27)8-10-22/h1-12,14,19H,13,15-16H2,(H,29,32)/b28-14-/t19-/m0/s1. The van der Waals surface area contributed by atoms with E-state index in [4.69, 9.17) is 27.9 Å². The van der Waals surface area contributed by atoms with Crippen LogP contribution in [0.3, 0.4) is 0 Å². The molecule has 1 atom stereocenters. The van der Waals surface area contributed by atoms with Crippen LogP contribution in [0.25, 0.3) is 0 Å². The lowest BCUT2D eigenvalue weighted by Crippen LogP contribution is -2.30. The largest absolute Gasteiger partial charge is 0.489 e. The summed E-state index contributed by atoms with van der Waals surface area (Å²) in [4.78, 5) is 26.4. The van der Waals surface area contributed by atoms with E-state index in [9.17, 15) is 9.59 Å². The maximum atomic E-state index is 12.5. The van der Waals surface area contributed by atoms with Crippen molar-refractivity contribution >= 4 is 46.9 Å². The molecule has 1 aliphatic heterocycles. The van der Waals surface area contributed by atoms with Gasteiger partial charge in [0.25, 0.3) is 0 Å². The normalized spacial score (nSPS) is 15.8. The molecule has 2 amide bonds. The number of anilines is 1. The Morgan fingerprint density at radius 3 is 2.30 bits per heavy atom. The molecule has 0 unspecified atom stereocenters. The molecule has 0 aliphatic carbocycles. The molecule has 1 aliphatic rings. The highest BCUT2D eigenvalue weighted by molar-refractivity contribution is 6.30. The summed E-state index contributed by atoms with van der Waals surface area (Å²) in [5.41, 5.74) is 5.08. The average molecular weight is 482 g/mol. The van der Waals surface area contributed by atoms with Crippen molar-refractivity contribution in [3.8, 4) is 5.75 Å². The lowest BCUT2D eigenvalue weighted by atomic mass is 10.1. The van der Waals surface area contributed by atoms with Gasteiger partial charge < -0.3 is 9.64 Å². The van der Waals surface area contributed by atoms with Crippen LogP contribution >= 0.6 is 23.2 Å². The number of hydrazone groups is 1. The third kappa shape index (κ3) is 6.12. The second-order valence-corrected chi connectivity index (χ2v) is 8.47. The molecule has 33 heavy (non-hydrogen) atoms. The van der Waals surface area contributed by atoms with Gasteiger partial charge in [0.05, 0.1) is 12.1 Å². The summed E-state index contributed by atoms with van der Waals surface area (Å²) in [6, 6.07) is 21.8. The Labute approximate surface area is 201 Å². The van der Waals surface area contributed by atoms with E-state index in [2.05, 4.69) is 10.5 Å². The summed E-state index contributed by atoms with van der Waals surface area (Å²) in [5.74, 6) is -0.138. The smallest absolute Gasteiger partial charge is 0.245 e. The van der Waals surface area contributed by atoms with Crippen LogP contribution in [-0.2, 0) is 16.2 Å². The van der Waals surface area contributed by atoms with Crippen molar-refractivity contribution < 1.29 is 14.3 Å². The highest BCUT2D eigenvalue weighted by Crippen LogP contribution is 2.26. The van der Waals surface area contributed by atoms with E-state index in [-0.39, 0.29) is 18.2 Å². The van der Waals surface area contributed by atoms with Crippen molar-refractivity contribution in [1.82, 2.24) is 5.43 Å². The molecule has 1 N–H and O–H groups in total. The van der Waals surface area contributed by atoms with E-state index >= 15 is 0 Å². The Balaban J connectivity index is 1.26. The second kappa shape index (κ2) is 10.5. The fourth-order valence-electron chi connectivity index (χ4n) is 3.41. The first kappa shape index (κ1) is 22.8. The van der Waals surface area contributed by atoms with E-state index in [0.717, 1.165) is 22.6 Å². The Morgan fingerprint density at radius 1 is 1.00 bits per heavy atom. The molecular formula is C25H21Cl2N3O3. The monoisotopic (exact) mass is 481 g/mol. The first-order valence-corrected chi connectivity index (χ1v) is 11.1. The van der Waals surface area contributed by atoms with E-state index in [1.54, 1.807) is 35.4 Å². The number of benzene rings is 3. The number of halogens is 2. The molecule has 4 rings (SSSR count). The van der Waals surface area contributed by atoms with E-state index in [1.165, 1.54) is 0 Å². The average Bonchev–Trinajstić information content (AvgIpc) is 3.22. The third-order valence-corrected chi connectivity index (χ3v) is 5.73. The maximum absolute atomic E-state index is 12.5. The van der Waals surface area contributed by atoms with Gasteiger partial charge in [-0.1, -0.05) is 35.3 Å². The SMILES string of the molecule is O=C(N/N=C\c1ccc(OCc2ccc(Cl)cc2)cc1)[C@H]1CC(=O)N(c2ccc(Cl)cc2)C1. The van der Waals surface area contributed by atoms with Crippen molar-refractivity contribution in [2.45, 2.75) is 13.0 Å². The van der Waals surface area contributed by atoms with Crippen LogP contribution in [0.4, 0.5) is 5.69 Å². The summed E-state index contributed by atoms with van der Waals surface area (Å²) in [7, 11) is 0. The summed E-state index contributed by atoms with van der Waals surface area (Å²) in [6.45, 7) is 0.745. The van der Waals surface area contributed by atoms with Crippen molar-refractivity contribution in [3.63, 3.8) is 0 Å². The van der Waals surface area contributed by atoms with E-state index < -0.39 is 5.92 Å². The minimum atomic E-state index is -0.464. The molecule has 1 fully saturated rings. The van der Waals surface area contributed by atoms with Crippen LogP contribution in [0, 0.1) is 5.92 Å². The number of carbonyl (C=O) groups excluding carboxylic acids is 2. The molecule has 8 heteroatoms. The van der Waals surface area contributed by atoms with Gasteiger partial charge in [0.1, 0.15) is 12.4 Å². The summed E-state index contributed by atoms with van der Waals surface area (Å²) in [6.07, 6.45) is 1.69. The van der Waals surface area contributed by atoms with Gasteiger partial charge in [-0.2, -0.15) is 5.10 Å². The molecule has 3 aromatic rings. The van der Waals surface area contributed by atoms with Crippen molar-refractivity contribution in [2.24, 2.45) is 11.0 Å². The first-order valence-electron chi connectivity index (χ1n) is 10.3. The number of carbonyl (C=O) groups is 2. The van der Waals surface area contributed by atoms with Gasteiger partial charge in [-0.05, 0) is 71.8 Å². The maximum Gasteiger partial charge on any atom is 0.245 e. The van der Waals surface area contributed by atoms with Crippen LogP contribution in [0.1, 0.15) is 17.5 Å². The van der Waals surface area contributed by atoms with Gasteiger partial charge in [0.2, 0.25) is 11.8 Å². The third-order valence-electron chi connectivity index (χ3n) is 5.22. The first-order chi connectivity index (χ1) is 16.0.